The number of hydrogen-bond acceptors (Lipinski definition) is 7. The van der Waals surface area contributed by atoms with Crippen LogP contribution in [0.15, 0.2) is 47.1 Å². The molecule has 0 saturated heterocycles. The molecule has 0 aliphatic carbocycles. The smallest absolute Gasteiger partial charge is 0.267 e. The van der Waals surface area contributed by atoms with Gasteiger partial charge in [0.05, 0.1) is 30.0 Å². The van der Waals surface area contributed by atoms with Crippen molar-refractivity contribution in [1.82, 2.24) is 19.5 Å². The van der Waals surface area contributed by atoms with Crippen LogP contribution in [0.1, 0.15) is 30.0 Å². The normalized spacial score (nSPS) is 11.5. The van der Waals surface area contributed by atoms with E-state index in [0.29, 0.717) is 30.1 Å². The summed E-state index contributed by atoms with van der Waals surface area (Å²) in [5.41, 5.74) is 15.7. The number of nitrogens with two attached hydrogens (primary N) is 2. The Kier molecular flexibility index (Phi) is 5.87. The van der Waals surface area contributed by atoms with E-state index in [1.165, 1.54) is 0 Å². The second kappa shape index (κ2) is 8.51. The summed E-state index contributed by atoms with van der Waals surface area (Å²) in [6, 6.07) is 7.04. The molecule has 0 fully saturated rings. The number of rotatable bonds is 7. The maximum Gasteiger partial charge on any atom is 0.267 e. The number of nitrogens with one attached hydrogen (secondary N) is 1. The summed E-state index contributed by atoms with van der Waals surface area (Å²) in [6.07, 6.45) is 3.89. The monoisotopic (exact) mass is 392 g/mol. The molecule has 0 radical (unpaired) electrons. The van der Waals surface area contributed by atoms with E-state index in [9.17, 15) is 4.79 Å². The number of nitrogens with zero attached hydrogens (tertiary/aromatic N) is 5. The Morgan fingerprint density at radius 3 is 2.72 bits per heavy atom. The van der Waals surface area contributed by atoms with Crippen molar-refractivity contribution in [3.63, 3.8) is 0 Å². The van der Waals surface area contributed by atoms with Gasteiger partial charge in [0, 0.05) is 13.2 Å². The van der Waals surface area contributed by atoms with Gasteiger partial charge in [-0.05, 0) is 38.1 Å². The van der Waals surface area contributed by atoms with Gasteiger partial charge in [-0.3, -0.25) is 9.79 Å². The summed E-state index contributed by atoms with van der Waals surface area (Å²) in [7, 11) is 1.75. The van der Waals surface area contributed by atoms with Gasteiger partial charge in [0.1, 0.15) is 11.2 Å². The van der Waals surface area contributed by atoms with Crippen LogP contribution >= 0.6 is 0 Å². The van der Waals surface area contributed by atoms with E-state index >= 15 is 0 Å². The molecule has 0 atom stereocenters. The van der Waals surface area contributed by atoms with Crippen molar-refractivity contribution in [2.45, 2.75) is 20.4 Å². The number of hydrogen-bond donors (Lipinski definition) is 3. The highest BCUT2D eigenvalue weighted by molar-refractivity contribution is 5.99. The van der Waals surface area contributed by atoms with E-state index in [1.807, 2.05) is 42.8 Å². The summed E-state index contributed by atoms with van der Waals surface area (Å²) in [5, 5.41) is 3.30. The molecule has 0 aliphatic rings. The van der Waals surface area contributed by atoms with Crippen molar-refractivity contribution in [1.29, 1.82) is 0 Å². The zero-order valence-electron chi connectivity index (χ0n) is 16.7. The molecule has 3 aromatic heterocycles. The minimum absolute atomic E-state index is 0.184. The van der Waals surface area contributed by atoms with E-state index in [1.54, 1.807) is 19.2 Å². The average molecular weight is 392 g/mol. The van der Waals surface area contributed by atoms with Gasteiger partial charge in [-0.15, -0.1) is 0 Å². The van der Waals surface area contributed by atoms with E-state index in [-0.39, 0.29) is 11.6 Å². The van der Waals surface area contributed by atoms with Crippen LogP contribution in [0.25, 0.3) is 11.0 Å². The lowest BCUT2D eigenvalue weighted by Gasteiger charge is -2.12. The molecule has 150 valence electrons. The van der Waals surface area contributed by atoms with Gasteiger partial charge in [-0.1, -0.05) is 11.6 Å². The standard InChI is InChI=1S/C20H24N8O/c1-12(2)9-14(23-3)10-24-19-17-15(26-20(22)27-19)7-8-28(17)11-13-5-4-6-16(25-13)18(21)29/h4-9H,10-11H2,1-3H3,(H2,21,29)(H3,22,24,26,27). The number of amides is 1. The van der Waals surface area contributed by atoms with Gasteiger partial charge in [0.15, 0.2) is 5.82 Å². The Hall–Kier alpha value is -3.75. The number of aromatic nitrogens is 4. The van der Waals surface area contributed by atoms with Gasteiger partial charge in [-0.25, -0.2) is 9.97 Å². The van der Waals surface area contributed by atoms with Crippen LogP contribution in [0.3, 0.4) is 0 Å². The number of carbonyl (C=O) groups excluding carboxylic acids is 1. The SMILES string of the molecule is CN=C(C=C(C)C)CNc1nc(N)nc2ccn(Cc3cccc(C(N)=O)n3)c12. The van der Waals surface area contributed by atoms with E-state index in [2.05, 4.69) is 25.3 Å². The van der Waals surface area contributed by atoms with Crippen molar-refractivity contribution in [3.05, 3.63) is 53.5 Å². The fraction of sp³-hybridized carbons (Fsp3) is 0.250. The first kappa shape index (κ1) is 20.0. The van der Waals surface area contributed by atoms with Crippen molar-refractivity contribution >= 4 is 34.4 Å². The molecule has 29 heavy (non-hydrogen) atoms. The summed E-state index contributed by atoms with van der Waals surface area (Å²) in [5.74, 6) is 0.226. The number of primary amides is 1. The molecule has 9 heteroatoms. The minimum Gasteiger partial charge on any atom is -0.368 e. The van der Waals surface area contributed by atoms with Crippen LogP contribution in [0.5, 0.6) is 0 Å². The lowest BCUT2D eigenvalue weighted by molar-refractivity contribution is 0.0995. The molecule has 1 amide bonds. The zero-order chi connectivity index (χ0) is 21.0. The highest BCUT2D eigenvalue weighted by Crippen LogP contribution is 2.23. The van der Waals surface area contributed by atoms with E-state index in [4.69, 9.17) is 11.5 Å². The van der Waals surface area contributed by atoms with E-state index in [0.717, 1.165) is 16.8 Å². The summed E-state index contributed by atoms with van der Waals surface area (Å²) >= 11 is 0. The second-order valence-electron chi connectivity index (χ2n) is 6.78. The third kappa shape index (κ3) is 4.75. The molecular formula is C20H24N8O. The molecule has 3 rings (SSSR count). The Bertz CT molecular complexity index is 1110. The van der Waals surface area contributed by atoms with Crippen LogP contribution in [-0.4, -0.2) is 44.7 Å². The third-order valence-corrected chi connectivity index (χ3v) is 4.20. The molecule has 0 saturated carbocycles. The molecule has 0 unspecified atom stereocenters. The van der Waals surface area contributed by atoms with Gasteiger partial charge < -0.3 is 21.4 Å². The number of nitrogen functional groups attached to an aromatic ring is 1. The quantitative estimate of drug-likeness (QED) is 0.526. The fourth-order valence-electron chi connectivity index (χ4n) is 2.96. The van der Waals surface area contributed by atoms with Gasteiger partial charge in [0.2, 0.25) is 5.95 Å². The van der Waals surface area contributed by atoms with Crippen LogP contribution in [0, 0.1) is 0 Å². The molecular weight excluding hydrogens is 368 g/mol. The molecule has 0 aliphatic heterocycles. The average Bonchev–Trinajstić information content (AvgIpc) is 3.07. The Labute approximate surface area is 168 Å². The predicted octanol–water partition coefficient (Wildman–Crippen LogP) is 2.00. The molecule has 3 heterocycles. The van der Waals surface area contributed by atoms with Gasteiger partial charge in [0.25, 0.3) is 5.91 Å². The highest BCUT2D eigenvalue weighted by atomic mass is 16.1. The number of anilines is 2. The third-order valence-electron chi connectivity index (χ3n) is 4.20. The first-order chi connectivity index (χ1) is 13.9. The Morgan fingerprint density at radius 1 is 1.24 bits per heavy atom. The van der Waals surface area contributed by atoms with Crippen LogP contribution in [-0.2, 0) is 6.54 Å². The molecule has 9 nitrogen and oxygen atoms in total. The highest BCUT2D eigenvalue weighted by Gasteiger charge is 2.13. The maximum atomic E-state index is 11.4. The van der Waals surface area contributed by atoms with Crippen molar-refractivity contribution in [2.75, 3.05) is 24.6 Å². The van der Waals surface area contributed by atoms with Gasteiger partial charge >= 0.3 is 0 Å². The summed E-state index contributed by atoms with van der Waals surface area (Å²) < 4.78 is 1.95. The number of carbonyl (C=O) groups is 1. The molecule has 3 aromatic rings. The summed E-state index contributed by atoms with van der Waals surface area (Å²) in [6.45, 7) is 4.96. The van der Waals surface area contributed by atoms with Crippen molar-refractivity contribution in [2.24, 2.45) is 10.7 Å². The molecule has 0 spiro atoms. The van der Waals surface area contributed by atoms with Gasteiger partial charge in [-0.2, -0.15) is 4.98 Å². The number of aliphatic imine (C=N–C) groups is 1. The Morgan fingerprint density at radius 2 is 2.03 bits per heavy atom. The predicted molar refractivity (Wildman–Crippen MR) is 115 cm³/mol. The topological polar surface area (TPSA) is 137 Å². The number of allylic oxidation sites excluding steroid dienone is 1. The molecule has 0 aromatic carbocycles. The second-order valence-corrected chi connectivity index (χ2v) is 6.78. The largest absolute Gasteiger partial charge is 0.368 e. The Balaban J connectivity index is 1.95. The van der Waals surface area contributed by atoms with Crippen LogP contribution in [0.4, 0.5) is 11.8 Å². The lowest BCUT2D eigenvalue weighted by atomic mass is 10.2. The zero-order valence-corrected chi connectivity index (χ0v) is 16.7. The fourth-order valence-corrected chi connectivity index (χ4v) is 2.96. The van der Waals surface area contributed by atoms with Crippen LogP contribution < -0.4 is 16.8 Å². The summed E-state index contributed by atoms with van der Waals surface area (Å²) in [4.78, 5) is 28.7. The molecule has 5 N–H and O–H groups in total. The van der Waals surface area contributed by atoms with Crippen molar-refractivity contribution < 1.29 is 4.79 Å². The molecule has 0 bridgehead atoms. The number of fused-ring (bicyclic) bond motifs is 1. The maximum absolute atomic E-state index is 11.4. The first-order valence-electron chi connectivity index (χ1n) is 9.10. The number of pyridine rings is 1. The lowest BCUT2D eigenvalue weighted by Crippen LogP contribution is -2.16. The van der Waals surface area contributed by atoms with E-state index < -0.39 is 5.91 Å². The van der Waals surface area contributed by atoms with Crippen molar-refractivity contribution in [3.8, 4) is 0 Å². The van der Waals surface area contributed by atoms with Crippen LogP contribution in [0.2, 0.25) is 0 Å². The first-order valence-corrected chi connectivity index (χ1v) is 9.10. The minimum atomic E-state index is -0.562.